The first-order valence-electron chi connectivity index (χ1n) is 3.44. The van der Waals surface area contributed by atoms with Crippen LogP contribution in [0.2, 0.25) is 0 Å². The molecule has 66 valence electrons. The van der Waals surface area contributed by atoms with E-state index in [4.69, 9.17) is 4.74 Å². The predicted molar refractivity (Wildman–Crippen MR) is 40.5 cm³/mol. The Balaban J connectivity index is 3.08. The van der Waals surface area contributed by atoms with Gasteiger partial charge < -0.3 is 4.74 Å². The number of ether oxygens (including phenoxy) is 1. The van der Waals surface area contributed by atoms with Gasteiger partial charge in [0.15, 0.2) is 0 Å². The van der Waals surface area contributed by atoms with Crippen LogP contribution in [0.3, 0.4) is 0 Å². The summed E-state index contributed by atoms with van der Waals surface area (Å²) in [4.78, 5) is 3.77. The molecule has 0 fully saturated rings. The van der Waals surface area contributed by atoms with Crippen molar-refractivity contribution in [1.82, 2.24) is 4.98 Å². The van der Waals surface area contributed by atoms with E-state index in [1.807, 2.05) is 0 Å². The van der Waals surface area contributed by atoms with Crippen molar-refractivity contribution in [2.75, 3.05) is 7.11 Å². The molecule has 1 aromatic rings. The highest BCUT2D eigenvalue weighted by Gasteiger charge is 2.11. The predicted octanol–water partition coefficient (Wildman–Crippen LogP) is 2.34. The van der Waals surface area contributed by atoms with Crippen molar-refractivity contribution >= 4 is 0 Å². The number of aromatic nitrogens is 1. The second-order valence-corrected chi connectivity index (χ2v) is 2.35. The SMILES string of the molecule is COc1cnc(C)c(C(F)F)c1. The number of hydrogen-bond donors (Lipinski definition) is 0. The van der Waals surface area contributed by atoms with Crippen molar-refractivity contribution in [3.63, 3.8) is 0 Å². The highest BCUT2D eigenvalue weighted by Crippen LogP contribution is 2.24. The molecule has 1 heterocycles. The van der Waals surface area contributed by atoms with Crippen molar-refractivity contribution in [3.05, 3.63) is 23.5 Å². The Bertz CT molecular complexity index is 276. The number of halogens is 2. The van der Waals surface area contributed by atoms with Gasteiger partial charge in [0.2, 0.25) is 0 Å². The van der Waals surface area contributed by atoms with Gasteiger partial charge in [-0.25, -0.2) is 8.78 Å². The smallest absolute Gasteiger partial charge is 0.265 e. The second-order valence-electron chi connectivity index (χ2n) is 2.35. The number of aryl methyl sites for hydroxylation is 1. The van der Waals surface area contributed by atoms with Gasteiger partial charge in [0.1, 0.15) is 5.75 Å². The number of nitrogens with zero attached hydrogens (tertiary/aromatic N) is 1. The average molecular weight is 173 g/mol. The first-order chi connectivity index (χ1) is 5.65. The molecule has 2 nitrogen and oxygen atoms in total. The van der Waals surface area contributed by atoms with Gasteiger partial charge in [0, 0.05) is 11.3 Å². The van der Waals surface area contributed by atoms with Crippen molar-refractivity contribution in [2.45, 2.75) is 13.3 Å². The van der Waals surface area contributed by atoms with Gasteiger partial charge in [-0.3, -0.25) is 4.98 Å². The quantitative estimate of drug-likeness (QED) is 0.684. The lowest BCUT2D eigenvalue weighted by molar-refractivity contribution is 0.149. The van der Waals surface area contributed by atoms with E-state index in [2.05, 4.69) is 4.98 Å². The molecule has 0 atom stereocenters. The van der Waals surface area contributed by atoms with Crippen LogP contribution < -0.4 is 4.74 Å². The van der Waals surface area contributed by atoms with Crippen molar-refractivity contribution in [3.8, 4) is 5.75 Å². The maximum atomic E-state index is 12.2. The third kappa shape index (κ3) is 1.69. The van der Waals surface area contributed by atoms with Crippen LogP contribution in [0.4, 0.5) is 8.78 Å². The molecule has 0 spiro atoms. The molecule has 0 aliphatic heterocycles. The Kier molecular flexibility index (Phi) is 2.58. The molecule has 0 N–H and O–H groups in total. The number of rotatable bonds is 2. The van der Waals surface area contributed by atoms with Crippen molar-refractivity contribution < 1.29 is 13.5 Å². The summed E-state index contributed by atoms with van der Waals surface area (Å²) in [7, 11) is 1.42. The number of pyridine rings is 1. The van der Waals surface area contributed by atoms with Crippen molar-refractivity contribution in [1.29, 1.82) is 0 Å². The molecule has 0 bridgehead atoms. The van der Waals surface area contributed by atoms with Gasteiger partial charge in [0.05, 0.1) is 13.3 Å². The van der Waals surface area contributed by atoms with Crippen LogP contribution in [0.15, 0.2) is 12.3 Å². The molecular weight excluding hydrogens is 164 g/mol. The normalized spacial score (nSPS) is 10.4. The van der Waals surface area contributed by atoms with Crippen LogP contribution in [-0.4, -0.2) is 12.1 Å². The lowest BCUT2D eigenvalue weighted by Crippen LogP contribution is -1.94. The van der Waals surface area contributed by atoms with Crippen molar-refractivity contribution in [2.24, 2.45) is 0 Å². The molecule has 0 saturated heterocycles. The third-order valence-corrected chi connectivity index (χ3v) is 1.57. The summed E-state index contributed by atoms with van der Waals surface area (Å²) >= 11 is 0. The summed E-state index contributed by atoms with van der Waals surface area (Å²) in [5.74, 6) is 0.357. The molecule has 0 aliphatic carbocycles. The zero-order valence-electron chi connectivity index (χ0n) is 6.84. The zero-order chi connectivity index (χ0) is 9.14. The summed E-state index contributed by atoms with van der Waals surface area (Å²) in [6, 6.07) is 1.30. The average Bonchev–Trinajstić information content (AvgIpc) is 2.05. The Morgan fingerprint density at radius 2 is 2.17 bits per heavy atom. The second kappa shape index (κ2) is 3.47. The summed E-state index contributed by atoms with van der Waals surface area (Å²) in [5, 5.41) is 0. The number of alkyl halides is 2. The minimum absolute atomic E-state index is 0.0747. The van der Waals surface area contributed by atoms with E-state index >= 15 is 0 Å². The highest BCUT2D eigenvalue weighted by molar-refractivity contribution is 5.29. The van der Waals surface area contributed by atoms with E-state index in [1.54, 1.807) is 6.92 Å². The van der Waals surface area contributed by atoms with Crippen LogP contribution >= 0.6 is 0 Å². The Hall–Kier alpha value is -1.19. The van der Waals surface area contributed by atoms with Gasteiger partial charge >= 0.3 is 0 Å². The lowest BCUT2D eigenvalue weighted by Gasteiger charge is -2.05. The summed E-state index contributed by atoms with van der Waals surface area (Å²) in [5.41, 5.74) is 0.264. The first-order valence-corrected chi connectivity index (χ1v) is 3.44. The van der Waals surface area contributed by atoms with Crippen LogP contribution in [-0.2, 0) is 0 Å². The molecule has 12 heavy (non-hydrogen) atoms. The molecule has 1 rings (SSSR count). The maximum absolute atomic E-state index is 12.2. The van der Waals surface area contributed by atoms with E-state index in [9.17, 15) is 8.78 Å². The van der Waals surface area contributed by atoms with E-state index in [0.717, 1.165) is 0 Å². The fourth-order valence-corrected chi connectivity index (χ4v) is 0.862. The summed E-state index contributed by atoms with van der Waals surface area (Å²) < 4.78 is 29.3. The highest BCUT2D eigenvalue weighted by atomic mass is 19.3. The molecule has 0 aromatic carbocycles. The third-order valence-electron chi connectivity index (χ3n) is 1.57. The minimum Gasteiger partial charge on any atom is -0.495 e. The van der Waals surface area contributed by atoms with E-state index < -0.39 is 6.43 Å². The number of methoxy groups -OCH3 is 1. The van der Waals surface area contributed by atoms with Gasteiger partial charge in [-0.1, -0.05) is 0 Å². The van der Waals surface area contributed by atoms with Gasteiger partial charge in [-0.15, -0.1) is 0 Å². The van der Waals surface area contributed by atoms with Crippen LogP contribution in [0.25, 0.3) is 0 Å². The molecule has 4 heteroatoms. The fraction of sp³-hybridized carbons (Fsp3) is 0.375. The van der Waals surface area contributed by atoms with Gasteiger partial charge in [0.25, 0.3) is 6.43 Å². The van der Waals surface area contributed by atoms with E-state index in [1.165, 1.54) is 19.4 Å². The Morgan fingerprint density at radius 1 is 1.50 bits per heavy atom. The molecule has 0 saturated carbocycles. The molecule has 0 unspecified atom stereocenters. The maximum Gasteiger partial charge on any atom is 0.265 e. The summed E-state index contributed by atoms with van der Waals surface area (Å²) in [6.07, 6.45) is -1.08. The molecule has 0 amide bonds. The molecule has 0 aliphatic rings. The molecule has 1 aromatic heterocycles. The Labute approximate surface area is 69.2 Å². The van der Waals surface area contributed by atoms with E-state index in [-0.39, 0.29) is 5.56 Å². The Morgan fingerprint density at radius 3 is 2.67 bits per heavy atom. The zero-order valence-corrected chi connectivity index (χ0v) is 6.84. The first kappa shape index (κ1) is 8.90. The molecular formula is C8H9F2NO. The topological polar surface area (TPSA) is 22.1 Å². The van der Waals surface area contributed by atoms with E-state index in [0.29, 0.717) is 11.4 Å². The van der Waals surface area contributed by atoms with Crippen LogP contribution in [0, 0.1) is 6.92 Å². The van der Waals surface area contributed by atoms with Crippen LogP contribution in [0.1, 0.15) is 17.7 Å². The largest absolute Gasteiger partial charge is 0.495 e. The standard InChI is InChI=1S/C8H9F2NO/c1-5-7(8(9)10)3-6(12-2)4-11-5/h3-4,8H,1-2H3. The monoisotopic (exact) mass is 173 g/mol. The fourth-order valence-electron chi connectivity index (χ4n) is 0.862. The summed E-state index contributed by atoms with van der Waals surface area (Å²) in [6.45, 7) is 1.54. The van der Waals surface area contributed by atoms with Gasteiger partial charge in [-0.05, 0) is 13.0 Å². The minimum atomic E-state index is -2.49. The van der Waals surface area contributed by atoms with Crippen LogP contribution in [0.5, 0.6) is 5.75 Å². The number of hydrogen-bond acceptors (Lipinski definition) is 2. The molecule has 0 radical (unpaired) electrons. The lowest BCUT2D eigenvalue weighted by atomic mass is 10.2. The van der Waals surface area contributed by atoms with Gasteiger partial charge in [-0.2, -0.15) is 0 Å².